The van der Waals surface area contributed by atoms with Gasteiger partial charge in [-0.1, -0.05) is 12.1 Å². The molecule has 2 aromatic rings. The van der Waals surface area contributed by atoms with E-state index in [1.54, 1.807) is 18.4 Å². The van der Waals surface area contributed by atoms with Crippen LogP contribution in [0.5, 0.6) is 11.5 Å². The number of fused-ring (bicyclic) bond motifs is 3. The van der Waals surface area contributed by atoms with E-state index >= 15 is 0 Å². The normalized spacial score (nSPS) is 37.4. The van der Waals surface area contributed by atoms with Gasteiger partial charge in [-0.25, -0.2) is 0 Å². The highest BCUT2D eigenvalue weighted by atomic mass is 32.1. The number of thiophene rings is 1. The number of ether oxygens (including phenoxy) is 2. The van der Waals surface area contributed by atoms with Crippen molar-refractivity contribution in [2.45, 2.75) is 93.8 Å². The van der Waals surface area contributed by atoms with Crippen LogP contribution in [0, 0.1) is 17.3 Å². The molecule has 6 atom stereocenters. The number of phenolic OH excluding ortho intramolecular Hbond substituents is 1. The van der Waals surface area contributed by atoms with Gasteiger partial charge in [0.15, 0.2) is 11.5 Å². The van der Waals surface area contributed by atoms with Crippen molar-refractivity contribution < 1.29 is 19.7 Å². The average Bonchev–Trinajstić information content (AvgIpc) is 3.58. The van der Waals surface area contributed by atoms with Crippen molar-refractivity contribution in [1.82, 2.24) is 4.90 Å². The van der Waals surface area contributed by atoms with Crippen LogP contribution in [0.15, 0.2) is 29.6 Å². The maximum Gasteiger partial charge on any atom is 0.164 e. The fourth-order valence-corrected chi connectivity index (χ4v) is 10.6. The van der Waals surface area contributed by atoms with Gasteiger partial charge in [-0.3, -0.25) is 4.90 Å². The topological polar surface area (TPSA) is 62.2 Å². The Bertz CT molecular complexity index is 1210. The zero-order valence-electron chi connectivity index (χ0n) is 23.2. The van der Waals surface area contributed by atoms with Crippen LogP contribution >= 0.6 is 11.3 Å². The van der Waals surface area contributed by atoms with Crippen LogP contribution in [0.4, 0.5) is 0 Å². The number of piperidine rings is 1. The van der Waals surface area contributed by atoms with Gasteiger partial charge in [0.25, 0.3) is 0 Å². The van der Waals surface area contributed by atoms with Crippen molar-refractivity contribution >= 4 is 11.3 Å². The summed E-state index contributed by atoms with van der Waals surface area (Å²) in [4.78, 5) is 4.17. The molecule has 4 bridgehead atoms. The Labute approximate surface area is 231 Å². The van der Waals surface area contributed by atoms with Crippen molar-refractivity contribution in [3.05, 3.63) is 45.6 Å². The first-order chi connectivity index (χ1) is 18.3. The Morgan fingerprint density at radius 2 is 2.00 bits per heavy atom. The van der Waals surface area contributed by atoms with E-state index in [-0.39, 0.29) is 28.1 Å². The second-order valence-electron chi connectivity index (χ2n) is 13.4. The summed E-state index contributed by atoms with van der Waals surface area (Å²) in [6, 6.07) is 8.74. The lowest BCUT2D eigenvalue weighted by molar-refractivity contribution is -0.269. The highest BCUT2D eigenvalue weighted by molar-refractivity contribution is 7.09. The van der Waals surface area contributed by atoms with Gasteiger partial charge in [0.2, 0.25) is 0 Å². The monoisotopic (exact) mass is 537 g/mol. The number of benzene rings is 1. The quantitative estimate of drug-likeness (QED) is 0.452. The third-order valence-electron chi connectivity index (χ3n) is 11.8. The van der Waals surface area contributed by atoms with Gasteiger partial charge in [0.1, 0.15) is 0 Å². The zero-order valence-corrected chi connectivity index (χ0v) is 24.0. The van der Waals surface area contributed by atoms with E-state index in [0.29, 0.717) is 11.8 Å². The molecule has 0 amide bonds. The minimum atomic E-state index is -0.812. The molecule has 206 valence electrons. The number of likely N-dealkylation sites (tertiary alicyclic amines) is 1. The van der Waals surface area contributed by atoms with Crippen molar-refractivity contribution in [1.29, 1.82) is 0 Å². The first-order valence-electron chi connectivity index (χ1n) is 14.7. The van der Waals surface area contributed by atoms with Crippen LogP contribution < -0.4 is 4.74 Å². The summed E-state index contributed by atoms with van der Waals surface area (Å²) in [7, 11) is 3.58. The third-order valence-corrected chi connectivity index (χ3v) is 12.7. The van der Waals surface area contributed by atoms with Crippen LogP contribution in [0.3, 0.4) is 0 Å². The minimum absolute atomic E-state index is 0.0477. The van der Waals surface area contributed by atoms with Crippen LogP contribution in [-0.2, 0) is 23.0 Å². The Balaban J connectivity index is 1.35. The Kier molecular flexibility index (Phi) is 5.81. The second-order valence-corrected chi connectivity index (χ2v) is 14.5. The van der Waals surface area contributed by atoms with Crippen molar-refractivity contribution in [3.63, 3.8) is 0 Å². The fourth-order valence-electron chi connectivity index (χ4n) is 9.86. The standard InChI is InChI=1S/C32H43NO4S/c1-29(35,11-10-23-5-4-16-38-23)25-18-30-12-13-32(25,37-3)20-31(30)14-15-33(19-21-6-7-21)26(30)17-22-8-9-24(34)28(36-2)27(22)31/h4-5,8-9,16,21,25-26,34-35H,6-7,10-15,17-20H2,1-3H3/t25?,26-,29-,30-,31-,32+/m1/s1. The van der Waals surface area contributed by atoms with Crippen LogP contribution in [0.2, 0.25) is 0 Å². The summed E-state index contributed by atoms with van der Waals surface area (Å²) in [5.74, 6) is 1.86. The summed E-state index contributed by atoms with van der Waals surface area (Å²) in [5, 5.41) is 25.3. The molecule has 4 saturated carbocycles. The number of hydrogen-bond acceptors (Lipinski definition) is 6. The second kappa shape index (κ2) is 8.70. The highest BCUT2D eigenvalue weighted by Crippen LogP contribution is 2.75. The molecule has 6 heteroatoms. The van der Waals surface area contributed by atoms with Gasteiger partial charge < -0.3 is 19.7 Å². The van der Waals surface area contributed by atoms with Gasteiger partial charge in [0, 0.05) is 41.5 Å². The largest absolute Gasteiger partial charge is 0.504 e. The molecule has 6 aliphatic rings. The molecule has 2 heterocycles. The zero-order chi connectivity index (χ0) is 26.3. The SMILES string of the molecule is COc1c(O)ccc2c1[C@]13CCN(CC4CC4)[C@H](C2)[C@]12CC[C@](OC)(C3)C([C@](C)(O)CCc1cccs1)C2. The molecule has 38 heavy (non-hydrogen) atoms. The number of aryl methyl sites for hydroxylation is 1. The molecule has 5 fully saturated rings. The molecule has 5 nitrogen and oxygen atoms in total. The number of rotatable bonds is 8. The maximum absolute atomic E-state index is 12.2. The predicted octanol–water partition coefficient (Wildman–Crippen LogP) is 5.70. The molecule has 8 rings (SSSR count). The molecule has 1 aromatic heterocycles. The number of phenols is 1. The molecule has 5 aliphatic carbocycles. The molecular formula is C32H43NO4S. The smallest absolute Gasteiger partial charge is 0.164 e. The highest BCUT2D eigenvalue weighted by Gasteiger charge is 2.74. The molecular weight excluding hydrogens is 494 g/mol. The van der Waals surface area contributed by atoms with E-state index in [4.69, 9.17) is 9.47 Å². The van der Waals surface area contributed by atoms with Gasteiger partial charge in [-0.15, -0.1) is 11.3 Å². The lowest BCUT2D eigenvalue weighted by Gasteiger charge is -2.75. The first kappa shape index (κ1) is 25.4. The Hall–Kier alpha value is -1.60. The van der Waals surface area contributed by atoms with Crippen LogP contribution in [0.1, 0.15) is 74.3 Å². The van der Waals surface area contributed by atoms with E-state index in [2.05, 4.69) is 35.4 Å². The molecule has 1 aliphatic heterocycles. The van der Waals surface area contributed by atoms with Crippen molar-refractivity contribution in [2.75, 3.05) is 27.3 Å². The summed E-state index contributed by atoms with van der Waals surface area (Å²) in [5.41, 5.74) is 1.34. The number of hydrogen-bond donors (Lipinski definition) is 2. The summed E-state index contributed by atoms with van der Waals surface area (Å²) < 4.78 is 12.6. The molecule has 2 N–H and O–H groups in total. The van der Waals surface area contributed by atoms with E-state index in [0.717, 1.165) is 63.8 Å². The van der Waals surface area contributed by atoms with Gasteiger partial charge in [-0.05, 0) is 112 Å². The number of nitrogens with zero attached hydrogens (tertiary/aromatic N) is 1. The minimum Gasteiger partial charge on any atom is -0.504 e. The van der Waals surface area contributed by atoms with Gasteiger partial charge >= 0.3 is 0 Å². The summed E-state index contributed by atoms with van der Waals surface area (Å²) in [6.45, 7) is 4.39. The average molecular weight is 538 g/mol. The molecule has 1 spiro atoms. The summed E-state index contributed by atoms with van der Waals surface area (Å²) in [6.07, 6.45) is 10.4. The van der Waals surface area contributed by atoms with E-state index in [1.165, 1.54) is 35.4 Å². The Morgan fingerprint density at radius 1 is 1.16 bits per heavy atom. The molecule has 1 unspecified atom stereocenters. The lowest BCUT2D eigenvalue weighted by Crippen LogP contribution is -2.77. The van der Waals surface area contributed by atoms with E-state index in [1.807, 2.05) is 13.2 Å². The Morgan fingerprint density at radius 3 is 2.71 bits per heavy atom. The van der Waals surface area contributed by atoms with Crippen LogP contribution in [0.25, 0.3) is 0 Å². The van der Waals surface area contributed by atoms with Gasteiger partial charge in [0.05, 0.1) is 18.3 Å². The predicted molar refractivity (Wildman–Crippen MR) is 150 cm³/mol. The van der Waals surface area contributed by atoms with E-state index in [9.17, 15) is 10.2 Å². The number of aromatic hydroxyl groups is 1. The summed E-state index contributed by atoms with van der Waals surface area (Å²) >= 11 is 1.78. The number of aliphatic hydroxyl groups is 1. The van der Waals surface area contributed by atoms with Crippen molar-refractivity contribution in [2.24, 2.45) is 17.3 Å². The van der Waals surface area contributed by atoms with Crippen LogP contribution in [-0.4, -0.2) is 59.7 Å². The fraction of sp³-hybridized carbons (Fsp3) is 0.688. The molecule has 1 aromatic carbocycles. The first-order valence-corrected chi connectivity index (χ1v) is 15.6. The lowest BCUT2D eigenvalue weighted by atomic mass is 9.34. The van der Waals surface area contributed by atoms with Crippen molar-refractivity contribution in [3.8, 4) is 11.5 Å². The third kappa shape index (κ3) is 3.45. The van der Waals surface area contributed by atoms with E-state index < -0.39 is 5.60 Å². The maximum atomic E-state index is 12.2. The molecule has 0 radical (unpaired) electrons. The molecule has 1 saturated heterocycles. The van der Waals surface area contributed by atoms with Gasteiger partial charge in [-0.2, -0.15) is 0 Å². The number of methoxy groups -OCH3 is 2.